The van der Waals surface area contributed by atoms with Crippen molar-refractivity contribution < 1.29 is 4.39 Å². The molecule has 0 unspecified atom stereocenters. The van der Waals surface area contributed by atoms with Gasteiger partial charge in [0.25, 0.3) is 0 Å². The van der Waals surface area contributed by atoms with Gasteiger partial charge in [-0.05, 0) is 25.5 Å². The van der Waals surface area contributed by atoms with Crippen molar-refractivity contribution in [3.63, 3.8) is 0 Å². The minimum absolute atomic E-state index is 0.247. The standard InChI is InChI=1S/C13H14FN3/c1-2-9-5-12(7-16-13(9)14)17-8-10-6-11(17)3-4-15-10/h1,5,7,10-11,15H,3-4,6,8H2/t10-,11+/m1/s1. The summed E-state index contributed by atoms with van der Waals surface area (Å²) in [7, 11) is 0. The highest BCUT2D eigenvalue weighted by atomic mass is 19.1. The molecule has 2 atom stereocenters. The number of anilines is 1. The average Bonchev–Trinajstić information content (AvgIpc) is 2.65. The van der Waals surface area contributed by atoms with Crippen molar-refractivity contribution in [3.05, 3.63) is 23.8 Å². The summed E-state index contributed by atoms with van der Waals surface area (Å²) in [6.45, 7) is 2.02. The van der Waals surface area contributed by atoms with Gasteiger partial charge >= 0.3 is 0 Å². The highest BCUT2D eigenvalue weighted by Gasteiger charge is 2.35. The van der Waals surface area contributed by atoms with Gasteiger partial charge in [0.2, 0.25) is 5.95 Å². The van der Waals surface area contributed by atoms with Crippen molar-refractivity contribution in [1.82, 2.24) is 10.3 Å². The molecule has 1 aromatic rings. The maximum Gasteiger partial charge on any atom is 0.228 e. The Labute approximate surface area is 100 Å². The van der Waals surface area contributed by atoms with Gasteiger partial charge in [0, 0.05) is 18.6 Å². The molecule has 4 heteroatoms. The van der Waals surface area contributed by atoms with Gasteiger partial charge in [0.15, 0.2) is 0 Å². The fourth-order valence-electron chi connectivity index (χ4n) is 2.80. The summed E-state index contributed by atoms with van der Waals surface area (Å²) in [4.78, 5) is 6.03. The van der Waals surface area contributed by atoms with Crippen LogP contribution in [0.15, 0.2) is 12.3 Å². The van der Waals surface area contributed by atoms with E-state index in [0.717, 1.165) is 31.6 Å². The lowest BCUT2D eigenvalue weighted by molar-refractivity contribution is 0.449. The Morgan fingerprint density at radius 2 is 2.47 bits per heavy atom. The zero-order chi connectivity index (χ0) is 11.8. The molecule has 0 saturated carbocycles. The van der Waals surface area contributed by atoms with Crippen LogP contribution in [0.25, 0.3) is 0 Å². The maximum absolute atomic E-state index is 13.2. The SMILES string of the molecule is C#Cc1cc(N2C[C@H]3C[C@@H]2CCN3)cnc1F. The van der Waals surface area contributed by atoms with E-state index < -0.39 is 5.95 Å². The minimum atomic E-state index is -0.559. The van der Waals surface area contributed by atoms with Crippen LogP contribution in [0.3, 0.4) is 0 Å². The van der Waals surface area contributed by atoms with E-state index in [9.17, 15) is 4.39 Å². The Balaban J connectivity index is 1.92. The molecule has 17 heavy (non-hydrogen) atoms. The number of aromatic nitrogens is 1. The molecule has 2 saturated heterocycles. The highest BCUT2D eigenvalue weighted by molar-refractivity contribution is 5.52. The van der Waals surface area contributed by atoms with Crippen LogP contribution in [0.2, 0.25) is 0 Å². The fraction of sp³-hybridized carbons (Fsp3) is 0.462. The number of piperidine rings is 1. The highest BCUT2D eigenvalue weighted by Crippen LogP contribution is 2.30. The molecule has 0 spiro atoms. The molecule has 0 radical (unpaired) electrons. The first-order valence-electron chi connectivity index (χ1n) is 5.90. The van der Waals surface area contributed by atoms with Crippen LogP contribution in [-0.2, 0) is 0 Å². The quantitative estimate of drug-likeness (QED) is 0.580. The normalized spacial score (nSPS) is 26.9. The van der Waals surface area contributed by atoms with Gasteiger partial charge in [-0.25, -0.2) is 4.98 Å². The third-order valence-corrected chi connectivity index (χ3v) is 3.64. The molecule has 1 N–H and O–H groups in total. The van der Waals surface area contributed by atoms with E-state index in [2.05, 4.69) is 21.1 Å². The molecular formula is C13H14FN3. The number of hydrogen-bond donors (Lipinski definition) is 1. The first kappa shape index (κ1) is 10.5. The molecule has 2 aliphatic heterocycles. The second kappa shape index (κ2) is 4.01. The summed E-state index contributed by atoms with van der Waals surface area (Å²) in [6.07, 6.45) is 9.12. The van der Waals surface area contributed by atoms with E-state index in [0.29, 0.717) is 12.1 Å². The smallest absolute Gasteiger partial charge is 0.228 e. The molecule has 2 bridgehead atoms. The number of rotatable bonds is 1. The average molecular weight is 231 g/mol. The molecule has 88 valence electrons. The van der Waals surface area contributed by atoms with E-state index in [1.165, 1.54) is 0 Å². The Bertz CT molecular complexity index is 480. The second-order valence-corrected chi connectivity index (χ2v) is 4.66. The predicted octanol–water partition coefficient (Wildman–Crippen LogP) is 1.14. The lowest BCUT2D eigenvalue weighted by atomic mass is 10.1. The van der Waals surface area contributed by atoms with E-state index in [1.54, 1.807) is 12.3 Å². The number of pyridine rings is 1. The number of halogens is 1. The zero-order valence-electron chi connectivity index (χ0n) is 9.49. The summed E-state index contributed by atoms with van der Waals surface area (Å²) in [5, 5.41) is 3.47. The third kappa shape index (κ3) is 1.77. The molecule has 1 aromatic heterocycles. The van der Waals surface area contributed by atoms with Crippen molar-refractivity contribution >= 4 is 5.69 Å². The van der Waals surface area contributed by atoms with Gasteiger partial charge in [-0.3, -0.25) is 0 Å². The first-order valence-corrected chi connectivity index (χ1v) is 5.90. The molecule has 3 heterocycles. The van der Waals surface area contributed by atoms with Gasteiger partial charge in [0.1, 0.15) is 0 Å². The summed E-state index contributed by atoms with van der Waals surface area (Å²) in [5.74, 6) is 1.78. The summed E-state index contributed by atoms with van der Waals surface area (Å²) in [5.41, 5.74) is 1.19. The van der Waals surface area contributed by atoms with E-state index >= 15 is 0 Å². The molecular weight excluding hydrogens is 217 g/mol. The Kier molecular flexibility index (Phi) is 2.49. The predicted molar refractivity (Wildman–Crippen MR) is 64.3 cm³/mol. The van der Waals surface area contributed by atoms with Gasteiger partial charge < -0.3 is 10.2 Å². The summed E-state index contributed by atoms with van der Waals surface area (Å²) >= 11 is 0. The summed E-state index contributed by atoms with van der Waals surface area (Å²) in [6, 6.07) is 2.82. The number of nitrogens with one attached hydrogen (secondary N) is 1. The van der Waals surface area contributed by atoms with E-state index in [1.807, 2.05) is 0 Å². The molecule has 2 aliphatic rings. The van der Waals surface area contributed by atoms with Gasteiger partial charge in [-0.15, -0.1) is 6.42 Å². The van der Waals surface area contributed by atoms with Crippen LogP contribution < -0.4 is 10.2 Å². The van der Waals surface area contributed by atoms with Crippen molar-refractivity contribution in [2.75, 3.05) is 18.0 Å². The first-order chi connectivity index (χ1) is 8.28. The number of hydrogen-bond acceptors (Lipinski definition) is 3. The Morgan fingerprint density at radius 3 is 3.24 bits per heavy atom. The van der Waals surface area contributed by atoms with Crippen molar-refractivity contribution in [2.24, 2.45) is 0 Å². The van der Waals surface area contributed by atoms with Crippen LogP contribution in [0, 0.1) is 18.3 Å². The van der Waals surface area contributed by atoms with E-state index in [-0.39, 0.29) is 5.56 Å². The molecule has 3 nitrogen and oxygen atoms in total. The molecule has 0 aliphatic carbocycles. The number of nitrogens with zero attached hydrogens (tertiary/aromatic N) is 2. The lowest BCUT2D eigenvalue weighted by Crippen LogP contribution is -2.35. The lowest BCUT2D eigenvalue weighted by Gasteiger charge is -2.26. The molecule has 0 amide bonds. The van der Waals surface area contributed by atoms with Gasteiger partial charge in [-0.1, -0.05) is 5.92 Å². The Morgan fingerprint density at radius 1 is 1.59 bits per heavy atom. The topological polar surface area (TPSA) is 28.2 Å². The molecule has 0 aromatic carbocycles. The minimum Gasteiger partial charge on any atom is -0.366 e. The monoisotopic (exact) mass is 231 g/mol. The van der Waals surface area contributed by atoms with Crippen molar-refractivity contribution in [2.45, 2.75) is 24.9 Å². The molecule has 3 rings (SSSR count). The number of terminal acetylenes is 1. The molecule has 2 fully saturated rings. The summed E-state index contributed by atoms with van der Waals surface area (Å²) < 4.78 is 13.2. The van der Waals surface area contributed by atoms with Crippen molar-refractivity contribution in [3.8, 4) is 12.3 Å². The largest absolute Gasteiger partial charge is 0.366 e. The second-order valence-electron chi connectivity index (χ2n) is 4.66. The van der Waals surface area contributed by atoms with E-state index in [4.69, 9.17) is 6.42 Å². The zero-order valence-corrected chi connectivity index (χ0v) is 9.49. The Hall–Kier alpha value is -1.60. The number of fused-ring (bicyclic) bond motifs is 2. The van der Waals surface area contributed by atoms with Crippen LogP contribution in [0.4, 0.5) is 10.1 Å². The van der Waals surface area contributed by atoms with Gasteiger partial charge in [0.05, 0.1) is 17.4 Å². The maximum atomic E-state index is 13.2. The fourth-order valence-corrected chi connectivity index (χ4v) is 2.80. The third-order valence-electron chi connectivity index (χ3n) is 3.64. The van der Waals surface area contributed by atoms with Crippen LogP contribution in [0.1, 0.15) is 18.4 Å². The van der Waals surface area contributed by atoms with Crippen LogP contribution >= 0.6 is 0 Å². The van der Waals surface area contributed by atoms with Crippen LogP contribution in [-0.4, -0.2) is 30.2 Å². The van der Waals surface area contributed by atoms with Gasteiger partial charge in [-0.2, -0.15) is 4.39 Å². The van der Waals surface area contributed by atoms with Crippen LogP contribution in [0.5, 0.6) is 0 Å². The van der Waals surface area contributed by atoms with Crippen molar-refractivity contribution in [1.29, 1.82) is 0 Å².